The second-order valence-electron chi connectivity index (χ2n) is 4.98. The van der Waals surface area contributed by atoms with Gasteiger partial charge in [0.1, 0.15) is 0 Å². The van der Waals surface area contributed by atoms with Crippen molar-refractivity contribution < 1.29 is 4.21 Å². The van der Waals surface area contributed by atoms with E-state index in [4.69, 9.17) is 23.2 Å². The summed E-state index contributed by atoms with van der Waals surface area (Å²) in [4.78, 5) is 5.05. The highest BCUT2D eigenvalue weighted by molar-refractivity contribution is 7.84. The van der Waals surface area contributed by atoms with Crippen LogP contribution in [0.1, 0.15) is 21.3 Å². The molecule has 0 aliphatic rings. The van der Waals surface area contributed by atoms with Crippen LogP contribution in [0.4, 0.5) is 0 Å². The van der Waals surface area contributed by atoms with Gasteiger partial charge in [-0.2, -0.15) is 0 Å². The fraction of sp³-hybridized carbons (Fsp3) is 0.118. The topological polar surface area (TPSA) is 30.0 Å². The standard InChI is InChI=1S/C17H13Cl2NOS2/c18-14-5-1-3-12(7-14)17(13-4-2-6-15(19)8-13)23(21)10-16-9-20-11-22-16/h1-9,11,17H,10H2/t23-/m0/s1. The molecule has 1 heterocycles. The van der Waals surface area contributed by atoms with Crippen molar-refractivity contribution in [3.8, 4) is 0 Å². The minimum absolute atomic E-state index is 0.283. The highest BCUT2D eigenvalue weighted by atomic mass is 35.5. The Morgan fingerprint density at radius 3 is 2.13 bits per heavy atom. The Morgan fingerprint density at radius 2 is 1.65 bits per heavy atom. The summed E-state index contributed by atoms with van der Waals surface area (Å²) in [6.07, 6.45) is 1.76. The zero-order valence-corrected chi connectivity index (χ0v) is 15.1. The van der Waals surface area contributed by atoms with Gasteiger partial charge in [-0.1, -0.05) is 47.5 Å². The van der Waals surface area contributed by atoms with Gasteiger partial charge in [-0.05, 0) is 35.4 Å². The van der Waals surface area contributed by atoms with Gasteiger partial charge in [0.25, 0.3) is 0 Å². The average molecular weight is 382 g/mol. The van der Waals surface area contributed by atoms with Crippen molar-refractivity contribution in [2.75, 3.05) is 0 Å². The zero-order valence-electron chi connectivity index (χ0n) is 12.0. The van der Waals surface area contributed by atoms with Gasteiger partial charge < -0.3 is 0 Å². The van der Waals surface area contributed by atoms with E-state index in [1.807, 2.05) is 48.5 Å². The van der Waals surface area contributed by atoms with E-state index < -0.39 is 10.8 Å². The van der Waals surface area contributed by atoms with Crippen molar-refractivity contribution in [3.63, 3.8) is 0 Å². The van der Waals surface area contributed by atoms with Crippen molar-refractivity contribution >= 4 is 45.3 Å². The summed E-state index contributed by atoms with van der Waals surface area (Å²) in [7, 11) is -1.15. The monoisotopic (exact) mass is 381 g/mol. The Bertz CT molecular complexity index is 775. The van der Waals surface area contributed by atoms with Crippen LogP contribution < -0.4 is 0 Å². The van der Waals surface area contributed by atoms with E-state index in [0.29, 0.717) is 15.8 Å². The molecule has 0 saturated heterocycles. The number of hydrogen-bond acceptors (Lipinski definition) is 3. The number of aromatic nitrogens is 1. The molecule has 0 aliphatic carbocycles. The predicted octanol–water partition coefficient (Wildman–Crippen LogP) is 5.49. The van der Waals surface area contributed by atoms with E-state index in [2.05, 4.69) is 4.98 Å². The number of rotatable bonds is 5. The lowest BCUT2D eigenvalue weighted by Crippen LogP contribution is -2.10. The molecule has 1 aromatic heterocycles. The van der Waals surface area contributed by atoms with Crippen LogP contribution in [0.2, 0.25) is 10.0 Å². The summed E-state index contributed by atoms with van der Waals surface area (Å²) in [6.45, 7) is 0. The number of halogens is 2. The third kappa shape index (κ3) is 4.21. The molecule has 0 radical (unpaired) electrons. The summed E-state index contributed by atoms with van der Waals surface area (Å²) < 4.78 is 13.0. The molecule has 0 N–H and O–H groups in total. The Labute approximate surface area is 151 Å². The highest BCUT2D eigenvalue weighted by Gasteiger charge is 2.22. The average Bonchev–Trinajstić information content (AvgIpc) is 3.00. The first kappa shape index (κ1) is 16.7. The molecule has 118 valence electrons. The second-order valence-corrected chi connectivity index (χ2v) is 8.35. The van der Waals surface area contributed by atoms with Gasteiger partial charge in [0.15, 0.2) is 0 Å². The van der Waals surface area contributed by atoms with E-state index in [0.717, 1.165) is 16.0 Å². The van der Waals surface area contributed by atoms with Crippen molar-refractivity contribution in [3.05, 3.63) is 86.3 Å². The van der Waals surface area contributed by atoms with E-state index in [-0.39, 0.29) is 5.25 Å². The third-order valence-corrected chi connectivity index (χ3v) is 6.43. The van der Waals surface area contributed by atoms with Gasteiger partial charge in [0.05, 0.1) is 16.5 Å². The molecular weight excluding hydrogens is 369 g/mol. The molecule has 0 spiro atoms. The van der Waals surface area contributed by atoms with Crippen LogP contribution in [0.25, 0.3) is 0 Å². The minimum atomic E-state index is -1.15. The van der Waals surface area contributed by atoms with E-state index in [1.165, 1.54) is 11.3 Å². The summed E-state index contributed by atoms with van der Waals surface area (Å²) in [5.41, 5.74) is 3.59. The molecule has 2 aromatic carbocycles. The first-order valence-corrected chi connectivity index (χ1v) is 9.91. The fourth-order valence-corrected chi connectivity index (χ4v) is 5.19. The summed E-state index contributed by atoms with van der Waals surface area (Å²) in [5.74, 6) is 0.453. The second kappa shape index (κ2) is 7.58. The van der Waals surface area contributed by atoms with Crippen molar-refractivity contribution in [1.82, 2.24) is 4.98 Å². The van der Waals surface area contributed by atoms with E-state index in [1.54, 1.807) is 11.7 Å². The van der Waals surface area contributed by atoms with Crippen LogP contribution in [0.3, 0.4) is 0 Å². The molecule has 0 amide bonds. The Balaban J connectivity index is 2.01. The number of nitrogens with zero attached hydrogens (tertiary/aromatic N) is 1. The van der Waals surface area contributed by atoms with E-state index >= 15 is 0 Å². The maximum Gasteiger partial charge on any atom is 0.0851 e. The molecule has 23 heavy (non-hydrogen) atoms. The largest absolute Gasteiger partial charge is 0.258 e. The zero-order chi connectivity index (χ0) is 16.2. The lowest BCUT2D eigenvalue weighted by molar-refractivity contribution is 0.678. The Hall–Kier alpha value is -1.20. The Kier molecular flexibility index (Phi) is 5.49. The highest BCUT2D eigenvalue weighted by Crippen LogP contribution is 2.33. The molecule has 0 bridgehead atoms. The van der Waals surface area contributed by atoms with Gasteiger partial charge in [0.2, 0.25) is 0 Å². The number of hydrogen-bond donors (Lipinski definition) is 0. The van der Waals surface area contributed by atoms with Crippen LogP contribution in [-0.2, 0) is 16.6 Å². The van der Waals surface area contributed by atoms with Crippen molar-refractivity contribution in [2.45, 2.75) is 11.0 Å². The molecule has 0 saturated carbocycles. The van der Waals surface area contributed by atoms with Crippen LogP contribution in [0.15, 0.2) is 60.2 Å². The molecule has 3 aromatic rings. The quantitative estimate of drug-likeness (QED) is 0.584. The third-order valence-electron chi connectivity index (χ3n) is 3.33. The normalized spacial score (nSPS) is 12.5. The van der Waals surface area contributed by atoms with Crippen LogP contribution >= 0.6 is 34.5 Å². The maximum atomic E-state index is 13.0. The van der Waals surface area contributed by atoms with Gasteiger partial charge in [0, 0.05) is 31.9 Å². The molecule has 1 atom stereocenters. The minimum Gasteiger partial charge on any atom is -0.258 e. The summed E-state index contributed by atoms with van der Waals surface area (Å²) in [6, 6.07) is 15.0. The molecule has 0 aliphatic heterocycles. The van der Waals surface area contributed by atoms with Gasteiger partial charge in [-0.25, -0.2) is 0 Å². The van der Waals surface area contributed by atoms with Crippen molar-refractivity contribution in [2.24, 2.45) is 0 Å². The SMILES string of the molecule is O=[S@@](Cc1cncs1)C(c1cccc(Cl)c1)c1cccc(Cl)c1. The first-order chi connectivity index (χ1) is 11.1. The molecule has 0 unspecified atom stereocenters. The number of benzene rings is 2. The van der Waals surface area contributed by atoms with Gasteiger partial charge in [-0.3, -0.25) is 9.19 Å². The lowest BCUT2D eigenvalue weighted by atomic mass is 10.0. The fourth-order valence-electron chi connectivity index (χ4n) is 2.37. The van der Waals surface area contributed by atoms with Gasteiger partial charge in [-0.15, -0.1) is 11.3 Å². The molecule has 0 fully saturated rings. The first-order valence-electron chi connectivity index (χ1n) is 6.89. The van der Waals surface area contributed by atoms with Gasteiger partial charge >= 0.3 is 0 Å². The maximum absolute atomic E-state index is 13.0. The molecule has 3 rings (SSSR count). The molecular formula is C17H13Cl2NOS2. The van der Waals surface area contributed by atoms with Crippen LogP contribution in [0, 0.1) is 0 Å². The lowest BCUT2D eigenvalue weighted by Gasteiger charge is -2.18. The molecule has 2 nitrogen and oxygen atoms in total. The van der Waals surface area contributed by atoms with Crippen LogP contribution in [0.5, 0.6) is 0 Å². The number of thiazole rings is 1. The van der Waals surface area contributed by atoms with E-state index in [9.17, 15) is 4.21 Å². The summed E-state index contributed by atoms with van der Waals surface area (Å²) in [5, 5.41) is 0.975. The van der Waals surface area contributed by atoms with Crippen LogP contribution in [-0.4, -0.2) is 9.19 Å². The summed E-state index contributed by atoms with van der Waals surface area (Å²) >= 11 is 13.8. The molecule has 6 heteroatoms. The predicted molar refractivity (Wildman–Crippen MR) is 98.7 cm³/mol. The van der Waals surface area contributed by atoms with Crippen molar-refractivity contribution in [1.29, 1.82) is 0 Å². The smallest absolute Gasteiger partial charge is 0.0851 e. The Morgan fingerprint density at radius 1 is 1.04 bits per heavy atom.